The van der Waals surface area contributed by atoms with Crippen LogP contribution in [0.1, 0.15) is 30.1 Å². The normalized spacial score (nSPS) is 14.7. The summed E-state index contributed by atoms with van der Waals surface area (Å²) in [5.74, 6) is 0.476. The third-order valence-electron chi connectivity index (χ3n) is 4.65. The molecule has 0 bridgehead atoms. The Hall–Kier alpha value is -2.68. The molecule has 0 amide bonds. The van der Waals surface area contributed by atoms with E-state index in [1.54, 1.807) is 20.2 Å². The van der Waals surface area contributed by atoms with Gasteiger partial charge in [-0.05, 0) is 44.0 Å². The zero-order valence-corrected chi connectivity index (χ0v) is 15.5. The third-order valence-corrected chi connectivity index (χ3v) is 5.97. The van der Waals surface area contributed by atoms with Crippen LogP contribution in [0.2, 0.25) is 0 Å². The zero-order valence-electron chi connectivity index (χ0n) is 14.7. The van der Waals surface area contributed by atoms with Crippen LogP contribution in [0.4, 0.5) is 5.95 Å². The Kier molecular flexibility index (Phi) is 3.65. The van der Waals surface area contributed by atoms with Crippen LogP contribution in [-0.4, -0.2) is 27.5 Å². The zero-order chi connectivity index (χ0) is 18.6. The van der Waals surface area contributed by atoms with E-state index in [1.165, 1.54) is 21.3 Å². The van der Waals surface area contributed by atoms with E-state index < -0.39 is 10.0 Å². The summed E-state index contributed by atoms with van der Waals surface area (Å²) in [5.41, 5.74) is 2.60. The summed E-state index contributed by atoms with van der Waals surface area (Å²) in [6.07, 6.45) is 2.14. The standard InChI is InChI=1S/C17H19N5O3S/c1-10-8-13(11-4-5-11)19-16(18-10)20-26(24,25)12-6-7-14-15(9-12)22(3)17(23)21(14)2/h6-9,11H,4-5H2,1-3H3,(H,18,19,20). The molecule has 1 N–H and O–H groups in total. The second kappa shape index (κ2) is 5.66. The molecule has 1 fully saturated rings. The highest BCUT2D eigenvalue weighted by Gasteiger charge is 2.26. The Morgan fingerprint density at radius 2 is 1.77 bits per heavy atom. The topological polar surface area (TPSA) is 98.9 Å². The average Bonchev–Trinajstić information content (AvgIpc) is 3.40. The lowest BCUT2D eigenvalue weighted by Crippen LogP contribution is -2.19. The molecule has 136 valence electrons. The van der Waals surface area contributed by atoms with Gasteiger partial charge in [-0.15, -0.1) is 0 Å². The lowest BCUT2D eigenvalue weighted by Gasteiger charge is -2.09. The van der Waals surface area contributed by atoms with Gasteiger partial charge in [-0.1, -0.05) is 0 Å². The molecule has 9 heteroatoms. The highest BCUT2D eigenvalue weighted by Crippen LogP contribution is 2.39. The molecule has 2 heterocycles. The Bertz CT molecular complexity index is 1190. The van der Waals surface area contributed by atoms with Crippen LogP contribution >= 0.6 is 0 Å². The summed E-state index contributed by atoms with van der Waals surface area (Å²) >= 11 is 0. The fourth-order valence-electron chi connectivity index (χ4n) is 3.06. The van der Waals surface area contributed by atoms with Gasteiger partial charge in [-0.25, -0.2) is 27.9 Å². The summed E-state index contributed by atoms with van der Waals surface area (Å²) < 4.78 is 30.9. The van der Waals surface area contributed by atoms with Crippen LogP contribution in [-0.2, 0) is 24.1 Å². The average molecular weight is 373 g/mol. The number of aryl methyl sites for hydroxylation is 3. The van der Waals surface area contributed by atoms with Gasteiger partial charge in [-0.2, -0.15) is 0 Å². The first-order valence-corrected chi connectivity index (χ1v) is 9.78. The van der Waals surface area contributed by atoms with Crippen molar-refractivity contribution in [1.29, 1.82) is 0 Å². The van der Waals surface area contributed by atoms with E-state index in [9.17, 15) is 13.2 Å². The van der Waals surface area contributed by atoms with Crippen molar-refractivity contribution < 1.29 is 8.42 Å². The van der Waals surface area contributed by atoms with E-state index in [2.05, 4.69) is 14.7 Å². The molecule has 8 nitrogen and oxygen atoms in total. The number of sulfonamides is 1. The number of nitrogens with zero attached hydrogens (tertiary/aromatic N) is 4. The van der Waals surface area contributed by atoms with Crippen LogP contribution in [0.25, 0.3) is 11.0 Å². The molecule has 26 heavy (non-hydrogen) atoms. The van der Waals surface area contributed by atoms with Crippen LogP contribution in [0.3, 0.4) is 0 Å². The van der Waals surface area contributed by atoms with Gasteiger partial charge in [0, 0.05) is 31.4 Å². The second-order valence-corrected chi connectivity index (χ2v) is 8.37. The molecule has 2 aromatic heterocycles. The van der Waals surface area contributed by atoms with E-state index in [0.29, 0.717) is 17.0 Å². The maximum absolute atomic E-state index is 12.8. The molecule has 0 spiro atoms. The number of aromatic nitrogens is 4. The smallest absolute Gasteiger partial charge is 0.295 e. The van der Waals surface area contributed by atoms with E-state index in [-0.39, 0.29) is 16.5 Å². The van der Waals surface area contributed by atoms with Gasteiger partial charge in [0.1, 0.15) is 0 Å². The first-order chi connectivity index (χ1) is 12.3. The molecule has 1 aromatic carbocycles. The Balaban J connectivity index is 1.74. The molecule has 1 aliphatic rings. The van der Waals surface area contributed by atoms with Gasteiger partial charge in [-0.3, -0.25) is 9.13 Å². The molecule has 0 radical (unpaired) electrons. The third kappa shape index (κ3) is 2.78. The molecule has 1 saturated carbocycles. The molecule has 0 unspecified atom stereocenters. The minimum absolute atomic E-state index is 0.0595. The van der Waals surface area contributed by atoms with Crippen molar-refractivity contribution in [2.24, 2.45) is 14.1 Å². The summed E-state index contributed by atoms with van der Waals surface area (Å²) in [6, 6.07) is 6.47. The van der Waals surface area contributed by atoms with Gasteiger partial charge in [0.15, 0.2) is 0 Å². The van der Waals surface area contributed by atoms with Crippen LogP contribution in [0, 0.1) is 6.92 Å². The molecular weight excluding hydrogens is 354 g/mol. The second-order valence-electron chi connectivity index (χ2n) is 6.69. The van der Waals surface area contributed by atoms with Crippen molar-refractivity contribution in [2.75, 3.05) is 4.72 Å². The molecule has 3 aromatic rings. The lowest BCUT2D eigenvalue weighted by atomic mass is 10.2. The van der Waals surface area contributed by atoms with Crippen LogP contribution in [0.5, 0.6) is 0 Å². The number of imidazole rings is 1. The van der Waals surface area contributed by atoms with Gasteiger partial charge in [0.2, 0.25) is 5.95 Å². The molecule has 0 saturated heterocycles. The highest BCUT2D eigenvalue weighted by molar-refractivity contribution is 7.92. The molecule has 0 aliphatic heterocycles. The highest BCUT2D eigenvalue weighted by atomic mass is 32.2. The maximum Gasteiger partial charge on any atom is 0.328 e. The minimum atomic E-state index is -3.86. The molecular formula is C17H19N5O3S. The minimum Gasteiger partial charge on any atom is -0.295 e. The fourth-order valence-corrected chi connectivity index (χ4v) is 4.02. The summed E-state index contributed by atoms with van der Waals surface area (Å²) in [6.45, 7) is 1.82. The number of rotatable bonds is 4. The Labute approximate surface area is 150 Å². The number of hydrogen-bond acceptors (Lipinski definition) is 5. The quantitative estimate of drug-likeness (QED) is 0.750. The predicted molar refractivity (Wildman–Crippen MR) is 97.7 cm³/mol. The van der Waals surface area contributed by atoms with Crippen molar-refractivity contribution in [3.63, 3.8) is 0 Å². The van der Waals surface area contributed by atoms with E-state index >= 15 is 0 Å². The van der Waals surface area contributed by atoms with Gasteiger partial charge < -0.3 is 0 Å². The van der Waals surface area contributed by atoms with Gasteiger partial charge in [0.05, 0.1) is 15.9 Å². The van der Waals surface area contributed by atoms with Gasteiger partial charge >= 0.3 is 5.69 Å². The van der Waals surface area contributed by atoms with Crippen molar-refractivity contribution in [3.05, 3.63) is 46.1 Å². The lowest BCUT2D eigenvalue weighted by molar-refractivity contribution is 0.601. The first kappa shape index (κ1) is 16.8. The molecule has 1 aliphatic carbocycles. The number of hydrogen-bond donors (Lipinski definition) is 1. The van der Waals surface area contributed by atoms with E-state index in [4.69, 9.17) is 0 Å². The largest absolute Gasteiger partial charge is 0.328 e. The van der Waals surface area contributed by atoms with Crippen molar-refractivity contribution in [2.45, 2.75) is 30.6 Å². The van der Waals surface area contributed by atoms with Crippen molar-refractivity contribution >= 4 is 27.0 Å². The van der Waals surface area contributed by atoms with Crippen molar-refractivity contribution in [3.8, 4) is 0 Å². The molecule has 4 rings (SSSR count). The summed E-state index contributed by atoms with van der Waals surface area (Å²) in [5, 5.41) is 0. The number of anilines is 1. The monoisotopic (exact) mass is 373 g/mol. The number of fused-ring (bicyclic) bond motifs is 1. The SMILES string of the molecule is Cc1cc(C2CC2)nc(NS(=O)(=O)c2ccc3c(c2)n(C)c(=O)n3C)n1. The Morgan fingerprint density at radius 3 is 2.46 bits per heavy atom. The first-order valence-electron chi connectivity index (χ1n) is 8.30. The summed E-state index contributed by atoms with van der Waals surface area (Å²) in [4.78, 5) is 20.6. The van der Waals surface area contributed by atoms with Crippen molar-refractivity contribution in [1.82, 2.24) is 19.1 Å². The van der Waals surface area contributed by atoms with Crippen LogP contribution < -0.4 is 10.4 Å². The Morgan fingerprint density at radius 1 is 1.08 bits per heavy atom. The molecule has 0 atom stereocenters. The van der Waals surface area contributed by atoms with E-state index in [1.807, 2.05) is 13.0 Å². The number of nitrogens with one attached hydrogen (secondary N) is 1. The fraction of sp³-hybridized carbons (Fsp3) is 0.353. The predicted octanol–water partition coefficient (Wildman–Crippen LogP) is 1.65. The van der Waals surface area contributed by atoms with Crippen LogP contribution in [0.15, 0.2) is 34.0 Å². The number of benzene rings is 1. The summed E-state index contributed by atoms with van der Waals surface area (Å²) in [7, 11) is -0.603. The van der Waals surface area contributed by atoms with E-state index in [0.717, 1.165) is 24.2 Å². The van der Waals surface area contributed by atoms with Gasteiger partial charge in [0.25, 0.3) is 10.0 Å². The maximum atomic E-state index is 12.8.